The number of ether oxygens (including phenoxy) is 3. The fourth-order valence-corrected chi connectivity index (χ4v) is 4.11. The van der Waals surface area contributed by atoms with Gasteiger partial charge in [0.25, 0.3) is 5.91 Å². The number of benzene rings is 2. The summed E-state index contributed by atoms with van der Waals surface area (Å²) in [7, 11) is 3.05. The molecule has 1 N–H and O–H groups in total. The Morgan fingerprint density at radius 3 is 2.47 bits per heavy atom. The minimum atomic E-state index is -0.767. The van der Waals surface area contributed by atoms with E-state index in [-0.39, 0.29) is 6.61 Å². The van der Waals surface area contributed by atoms with Gasteiger partial charge >= 0.3 is 5.97 Å². The Morgan fingerprint density at radius 2 is 1.80 bits per heavy atom. The summed E-state index contributed by atoms with van der Waals surface area (Å²) >= 11 is 6.16. The van der Waals surface area contributed by atoms with Crippen molar-refractivity contribution in [2.75, 3.05) is 26.1 Å². The zero-order valence-corrected chi connectivity index (χ0v) is 18.0. The first-order valence-electron chi connectivity index (χ1n) is 9.93. The molecule has 0 aliphatic heterocycles. The van der Waals surface area contributed by atoms with Crippen molar-refractivity contribution in [2.24, 2.45) is 0 Å². The molecule has 0 aromatic heterocycles. The van der Waals surface area contributed by atoms with E-state index in [0.717, 1.165) is 24.8 Å². The van der Waals surface area contributed by atoms with Crippen LogP contribution in [0.2, 0.25) is 5.02 Å². The van der Waals surface area contributed by atoms with E-state index in [9.17, 15) is 9.59 Å². The molecule has 0 bridgehead atoms. The van der Waals surface area contributed by atoms with Crippen molar-refractivity contribution < 1.29 is 23.8 Å². The van der Waals surface area contributed by atoms with E-state index in [0.29, 0.717) is 35.1 Å². The summed E-state index contributed by atoms with van der Waals surface area (Å²) < 4.78 is 15.9. The van der Waals surface area contributed by atoms with Gasteiger partial charge in [0.15, 0.2) is 6.61 Å². The van der Waals surface area contributed by atoms with Crippen LogP contribution in [0.4, 0.5) is 5.69 Å². The van der Waals surface area contributed by atoms with Gasteiger partial charge in [-0.2, -0.15) is 0 Å². The van der Waals surface area contributed by atoms with E-state index < -0.39 is 17.3 Å². The van der Waals surface area contributed by atoms with E-state index >= 15 is 0 Å². The highest BCUT2D eigenvalue weighted by molar-refractivity contribution is 6.30. The van der Waals surface area contributed by atoms with Crippen molar-refractivity contribution in [2.45, 2.75) is 37.5 Å². The molecule has 0 radical (unpaired) electrons. The lowest BCUT2D eigenvalue weighted by atomic mass is 9.69. The van der Waals surface area contributed by atoms with Gasteiger partial charge < -0.3 is 19.5 Å². The Kier molecular flexibility index (Phi) is 7.21. The van der Waals surface area contributed by atoms with Crippen LogP contribution in [0.5, 0.6) is 11.5 Å². The van der Waals surface area contributed by atoms with Gasteiger partial charge in [-0.1, -0.05) is 43.0 Å². The van der Waals surface area contributed by atoms with Gasteiger partial charge in [-0.15, -0.1) is 0 Å². The molecular weight excluding hydrogens is 406 g/mol. The number of hydrogen-bond acceptors (Lipinski definition) is 5. The first kappa shape index (κ1) is 22.0. The molecule has 2 aromatic carbocycles. The Labute approximate surface area is 181 Å². The van der Waals surface area contributed by atoms with Crippen LogP contribution in [0.25, 0.3) is 0 Å². The molecule has 1 aliphatic carbocycles. The normalized spacial score (nSPS) is 15.2. The van der Waals surface area contributed by atoms with Gasteiger partial charge in [0.2, 0.25) is 0 Å². The van der Waals surface area contributed by atoms with Crippen LogP contribution in [0.3, 0.4) is 0 Å². The van der Waals surface area contributed by atoms with Crippen molar-refractivity contribution in [1.82, 2.24) is 0 Å². The monoisotopic (exact) mass is 431 g/mol. The number of halogens is 1. The largest absolute Gasteiger partial charge is 0.497 e. The second kappa shape index (κ2) is 9.85. The van der Waals surface area contributed by atoms with Crippen LogP contribution < -0.4 is 14.8 Å². The Balaban J connectivity index is 1.71. The topological polar surface area (TPSA) is 73.9 Å². The maximum atomic E-state index is 13.1. The van der Waals surface area contributed by atoms with Crippen LogP contribution in [-0.2, 0) is 19.7 Å². The van der Waals surface area contributed by atoms with E-state index in [4.69, 9.17) is 25.8 Å². The lowest BCUT2D eigenvalue weighted by Gasteiger charge is -2.35. The van der Waals surface area contributed by atoms with Crippen LogP contribution in [0, 0.1) is 0 Å². The third-order valence-corrected chi connectivity index (χ3v) is 5.73. The highest BCUT2D eigenvalue weighted by Crippen LogP contribution is 2.41. The second-order valence-corrected chi connectivity index (χ2v) is 7.78. The summed E-state index contributed by atoms with van der Waals surface area (Å²) in [6.07, 6.45) is 4.28. The summed E-state index contributed by atoms with van der Waals surface area (Å²) in [4.78, 5) is 25.6. The van der Waals surface area contributed by atoms with Gasteiger partial charge in [0.05, 0.1) is 25.3 Å². The average Bonchev–Trinajstić information content (AvgIpc) is 2.77. The lowest BCUT2D eigenvalue weighted by Crippen LogP contribution is -2.40. The zero-order chi connectivity index (χ0) is 21.6. The molecule has 0 spiro atoms. The molecule has 0 atom stereocenters. The molecule has 0 heterocycles. The molecule has 1 saturated carbocycles. The minimum absolute atomic E-state index is 0.387. The number of hydrogen-bond donors (Lipinski definition) is 1. The first-order valence-corrected chi connectivity index (χ1v) is 10.3. The van der Waals surface area contributed by atoms with Crippen LogP contribution in [0.15, 0.2) is 42.5 Å². The minimum Gasteiger partial charge on any atom is -0.497 e. The lowest BCUT2D eigenvalue weighted by molar-refractivity contribution is -0.154. The summed E-state index contributed by atoms with van der Waals surface area (Å²) in [5.74, 6) is 0.215. The number of carbonyl (C=O) groups is 2. The van der Waals surface area contributed by atoms with E-state index in [1.165, 1.54) is 14.2 Å². The smallest absolute Gasteiger partial charge is 0.317 e. The summed E-state index contributed by atoms with van der Waals surface area (Å²) in [6, 6.07) is 12.4. The zero-order valence-electron chi connectivity index (χ0n) is 17.2. The molecule has 2 aromatic rings. The highest BCUT2D eigenvalue weighted by atomic mass is 35.5. The molecule has 160 valence electrons. The molecular formula is C23H26ClNO5. The number of methoxy groups -OCH3 is 2. The maximum Gasteiger partial charge on any atom is 0.317 e. The Morgan fingerprint density at radius 1 is 1.03 bits per heavy atom. The Hall–Kier alpha value is -2.73. The quantitative estimate of drug-likeness (QED) is 0.641. The predicted octanol–water partition coefficient (Wildman–Crippen LogP) is 4.74. The van der Waals surface area contributed by atoms with Crippen molar-refractivity contribution >= 4 is 29.2 Å². The van der Waals surface area contributed by atoms with Gasteiger partial charge in [0, 0.05) is 11.1 Å². The standard InChI is InChI=1S/C23H26ClNO5/c1-28-18-9-10-20(29-2)19(14-18)25-21(26)15-30-22(27)23(11-4-3-5-12-23)16-7-6-8-17(24)13-16/h6-10,13-14H,3-5,11-12,15H2,1-2H3,(H,25,26). The molecule has 1 amide bonds. The van der Waals surface area contributed by atoms with Gasteiger partial charge in [-0.05, 0) is 42.7 Å². The second-order valence-electron chi connectivity index (χ2n) is 7.34. The van der Waals surface area contributed by atoms with Crippen LogP contribution in [0.1, 0.15) is 37.7 Å². The molecule has 6 nitrogen and oxygen atoms in total. The molecule has 30 heavy (non-hydrogen) atoms. The SMILES string of the molecule is COc1ccc(OC)c(NC(=O)COC(=O)C2(c3cccc(Cl)c3)CCCCC2)c1. The molecule has 3 rings (SSSR count). The predicted molar refractivity (Wildman–Crippen MR) is 115 cm³/mol. The fourth-order valence-electron chi connectivity index (χ4n) is 3.92. The Bertz CT molecular complexity index is 908. The van der Waals surface area contributed by atoms with Crippen LogP contribution >= 0.6 is 11.6 Å². The number of rotatable bonds is 7. The number of esters is 1. The third-order valence-electron chi connectivity index (χ3n) is 5.49. The molecule has 1 aliphatic rings. The van der Waals surface area contributed by atoms with Crippen molar-refractivity contribution in [3.8, 4) is 11.5 Å². The van der Waals surface area contributed by atoms with Gasteiger partial charge in [-0.25, -0.2) is 0 Å². The maximum absolute atomic E-state index is 13.1. The van der Waals surface area contributed by atoms with Crippen molar-refractivity contribution in [3.05, 3.63) is 53.1 Å². The molecule has 0 unspecified atom stereocenters. The van der Waals surface area contributed by atoms with Crippen molar-refractivity contribution in [1.29, 1.82) is 0 Å². The number of amides is 1. The summed E-state index contributed by atoms with van der Waals surface area (Å²) in [5.41, 5.74) is 0.520. The van der Waals surface area contributed by atoms with Crippen LogP contribution in [-0.4, -0.2) is 32.7 Å². The first-order chi connectivity index (χ1) is 14.5. The molecule has 0 saturated heterocycles. The fraction of sp³-hybridized carbons (Fsp3) is 0.391. The third kappa shape index (κ3) is 4.87. The van der Waals surface area contributed by atoms with Crippen molar-refractivity contribution in [3.63, 3.8) is 0 Å². The number of carbonyl (C=O) groups excluding carboxylic acids is 2. The highest BCUT2D eigenvalue weighted by Gasteiger charge is 2.43. The molecule has 7 heteroatoms. The summed E-state index contributed by atoms with van der Waals surface area (Å²) in [6.45, 7) is -0.387. The van der Waals surface area contributed by atoms with E-state index in [1.54, 1.807) is 24.3 Å². The van der Waals surface area contributed by atoms with E-state index in [2.05, 4.69) is 5.32 Å². The molecule has 1 fully saturated rings. The van der Waals surface area contributed by atoms with Gasteiger partial charge in [-0.3, -0.25) is 9.59 Å². The summed E-state index contributed by atoms with van der Waals surface area (Å²) in [5, 5.41) is 3.29. The average molecular weight is 432 g/mol. The number of anilines is 1. The van der Waals surface area contributed by atoms with Gasteiger partial charge in [0.1, 0.15) is 11.5 Å². The number of nitrogens with one attached hydrogen (secondary N) is 1. The van der Waals surface area contributed by atoms with E-state index in [1.807, 2.05) is 18.2 Å².